The van der Waals surface area contributed by atoms with Crippen LogP contribution in [0.2, 0.25) is 0 Å². The highest BCUT2D eigenvalue weighted by molar-refractivity contribution is 4.90. The summed E-state index contributed by atoms with van der Waals surface area (Å²) in [5.74, 6) is 0.957. The zero-order chi connectivity index (χ0) is 8.97. The molecule has 0 amide bonds. The van der Waals surface area contributed by atoms with Crippen molar-refractivity contribution < 1.29 is 0 Å². The third-order valence-corrected chi connectivity index (χ3v) is 2.78. The number of likely N-dealkylation sites (tertiary alicyclic amines) is 1. The molecule has 0 aliphatic carbocycles. The predicted molar refractivity (Wildman–Crippen MR) is 53.3 cm³/mol. The van der Waals surface area contributed by atoms with Gasteiger partial charge in [0.25, 0.3) is 0 Å². The van der Waals surface area contributed by atoms with Crippen LogP contribution in [0.1, 0.15) is 12.8 Å². The molecule has 0 spiro atoms. The molecule has 2 saturated heterocycles. The second-order valence-corrected chi connectivity index (χ2v) is 3.68. The average molecular weight is 168 g/mol. The van der Waals surface area contributed by atoms with E-state index in [0.29, 0.717) is 0 Å². The minimum atomic E-state index is 0.818. The summed E-state index contributed by atoms with van der Waals surface area (Å²) in [5.41, 5.74) is 0. The van der Waals surface area contributed by atoms with Crippen molar-refractivity contribution in [3.05, 3.63) is 13.2 Å². The molecule has 1 N–H and O–H groups in total. The molecule has 12 heavy (non-hydrogen) atoms. The molecule has 0 aromatic rings. The number of nitrogens with one attached hydrogen (secondary N) is 1. The van der Waals surface area contributed by atoms with E-state index in [9.17, 15) is 0 Å². The second-order valence-electron chi connectivity index (χ2n) is 3.68. The summed E-state index contributed by atoms with van der Waals surface area (Å²) in [7, 11) is 2.22. The molecule has 2 atom stereocenters. The van der Waals surface area contributed by atoms with Crippen LogP contribution in [0.5, 0.6) is 0 Å². The monoisotopic (exact) mass is 168 g/mol. The van der Waals surface area contributed by atoms with Gasteiger partial charge in [-0.15, -0.1) is 13.2 Å². The van der Waals surface area contributed by atoms with Crippen molar-refractivity contribution in [2.45, 2.75) is 18.9 Å². The van der Waals surface area contributed by atoms with E-state index in [2.05, 4.69) is 30.4 Å². The molecule has 2 heterocycles. The van der Waals surface area contributed by atoms with Gasteiger partial charge < -0.3 is 10.2 Å². The van der Waals surface area contributed by atoms with Crippen LogP contribution >= 0.6 is 0 Å². The van der Waals surface area contributed by atoms with Gasteiger partial charge in [0, 0.05) is 19.1 Å². The fourth-order valence-corrected chi connectivity index (χ4v) is 2.26. The minimum absolute atomic E-state index is 0.818. The summed E-state index contributed by atoms with van der Waals surface area (Å²) in [6.07, 6.45) is 2.83. The third kappa shape index (κ3) is 2.08. The Kier molecular flexibility index (Phi) is 3.76. The third-order valence-electron chi connectivity index (χ3n) is 2.78. The SMILES string of the molecule is C=C.CN1CC2CCCNC2C1. The first-order chi connectivity index (χ1) is 5.86. The molecule has 2 heteroatoms. The molecule has 2 rings (SSSR count). The molecule has 70 valence electrons. The van der Waals surface area contributed by atoms with Gasteiger partial charge in [-0.1, -0.05) is 0 Å². The standard InChI is InChI=1S/C8H16N2.C2H4/c1-10-5-7-3-2-4-9-8(7)6-10;1-2/h7-9H,2-6H2,1H3;1-2H2. The van der Waals surface area contributed by atoms with Crippen LogP contribution in [0.25, 0.3) is 0 Å². The maximum atomic E-state index is 3.57. The molecule has 0 saturated carbocycles. The molecule has 2 aliphatic heterocycles. The van der Waals surface area contributed by atoms with E-state index in [4.69, 9.17) is 0 Å². The molecule has 0 aromatic heterocycles. The van der Waals surface area contributed by atoms with Gasteiger partial charge >= 0.3 is 0 Å². The lowest BCUT2D eigenvalue weighted by atomic mass is 9.94. The summed E-state index contributed by atoms with van der Waals surface area (Å²) in [6.45, 7) is 9.83. The second kappa shape index (κ2) is 4.63. The van der Waals surface area contributed by atoms with Gasteiger partial charge in [-0.05, 0) is 32.4 Å². The van der Waals surface area contributed by atoms with Crippen molar-refractivity contribution in [3.8, 4) is 0 Å². The fraction of sp³-hybridized carbons (Fsp3) is 0.800. The van der Waals surface area contributed by atoms with Crippen molar-refractivity contribution in [1.29, 1.82) is 0 Å². The van der Waals surface area contributed by atoms with Gasteiger partial charge in [-0.2, -0.15) is 0 Å². The molecule has 0 aromatic carbocycles. The summed E-state index contributed by atoms with van der Waals surface area (Å²) in [4.78, 5) is 2.44. The minimum Gasteiger partial charge on any atom is -0.312 e. The normalized spacial score (nSPS) is 35.1. The molecule has 0 radical (unpaired) electrons. The summed E-state index contributed by atoms with van der Waals surface area (Å²) < 4.78 is 0. The van der Waals surface area contributed by atoms with Gasteiger partial charge in [-0.25, -0.2) is 0 Å². The largest absolute Gasteiger partial charge is 0.312 e. The van der Waals surface area contributed by atoms with Crippen molar-refractivity contribution in [2.24, 2.45) is 5.92 Å². The quantitative estimate of drug-likeness (QED) is 0.545. The first-order valence-corrected chi connectivity index (χ1v) is 4.78. The summed E-state index contributed by atoms with van der Waals surface area (Å²) in [5, 5.41) is 3.57. The van der Waals surface area contributed by atoms with E-state index in [1.54, 1.807) is 0 Å². The van der Waals surface area contributed by atoms with Crippen molar-refractivity contribution in [3.63, 3.8) is 0 Å². The van der Waals surface area contributed by atoms with Gasteiger partial charge in [-0.3, -0.25) is 0 Å². The first-order valence-electron chi connectivity index (χ1n) is 4.78. The topological polar surface area (TPSA) is 15.3 Å². The van der Waals surface area contributed by atoms with Crippen molar-refractivity contribution >= 4 is 0 Å². The first kappa shape index (κ1) is 9.75. The van der Waals surface area contributed by atoms with Crippen molar-refractivity contribution in [1.82, 2.24) is 10.2 Å². The Morgan fingerprint density at radius 1 is 1.33 bits per heavy atom. The number of piperidine rings is 1. The van der Waals surface area contributed by atoms with Gasteiger partial charge in [0.1, 0.15) is 0 Å². The van der Waals surface area contributed by atoms with E-state index in [1.807, 2.05) is 0 Å². The van der Waals surface area contributed by atoms with Gasteiger partial charge in [0.2, 0.25) is 0 Å². The molecule has 2 nitrogen and oxygen atoms in total. The van der Waals surface area contributed by atoms with Gasteiger partial charge in [0.05, 0.1) is 0 Å². The molecule has 2 aliphatic rings. The van der Waals surface area contributed by atoms with Crippen LogP contribution in [0.3, 0.4) is 0 Å². The number of rotatable bonds is 0. The highest BCUT2D eigenvalue weighted by Gasteiger charge is 2.31. The predicted octanol–water partition coefficient (Wildman–Crippen LogP) is 1.10. The Morgan fingerprint density at radius 3 is 2.75 bits per heavy atom. The van der Waals surface area contributed by atoms with Gasteiger partial charge in [0.15, 0.2) is 0 Å². The van der Waals surface area contributed by atoms with E-state index < -0.39 is 0 Å². The molecule has 0 bridgehead atoms. The fourth-order valence-electron chi connectivity index (χ4n) is 2.26. The number of nitrogens with zero attached hydrogens (tertiary/aromatic N) is 1. The van der Waals surface area contributed by atoms with Crippen LogP contribution in [0.15, 0.2) is 13.2 Å². The highest BCUT2D eigenvalue weighted by atomic mass is 15.2. The van der Waals surface area contributed by atoms with Crippen molar-refractivity contribution in [2.75, 3.05) is 26.7 Å². The summed E-state index contributed by atoms with van der Waals surface area (Å²) in [6, 6.07) is 0.818. The number of hydrogen-bond acceptors (Lipinski definition) is 2. The Morgan fingerprint density at radius 2 is 2.08 bits per heavy atom. The zero-order valence-corrected chi connectivity index (χ0v) is 8.05. The lowest BCUT2D eigenvalue weighted by Gasteiger charge is -2.24. The average Bonchev–Trinajstić information content (AvgIpc) is 2.48. The maximum Gasteiger partial charge on any atom is 0.0235 e. The Hall–Kier alpha value is -0.340. The number of hydrogen-bond donors (Lipinski definition) is 1. The molecule has 2 fully saturated rings. The Bertz CT molecular complexity index is 122. The van der Waals surface area contributed by atoms with E-state index in [0.717, 1.165) is 12.0 Å². The number of fused-ring (bicyclic) bond motifs is 1. The van der Waals surface area contributed by atoms with E-state index in [-0.39, 0.29) is 0 Å². The van der Waals surface area contributed by atoms with Crippen LogP contribution in [0, 0.1) is 5.92 Å². The van der Waals surface area contributed by atoms with Crippen LogP contribution in [0.4, 0.5) is 0 Å². The molecular formula is C10H20N2. The lowest BCUT2D eigenvalue weighted by molar-refractivity contribution is 0.338. The molecule has 2 unspecified atom stereocenters. The van der Waals surface area contributed by atoms with Crippen LogP contribution < -0.4 is 5.32 Å². The maximum absolute atomic E-state index is 3.57. The van der Waals surface area contributed by atoms with E-state index in [1.165, 1.54) is 32.5 Å². The Balaban J connectivity index is 0.000000336. The highest BCUT2D eigenvalue weighted by Crippen LogP contribution is 2.23. The summed E-state index contributed by atoms with van der Waals surface area (Å²) >= 11 is 0. The zero-order valence-electron chi connectivity index (χ0n) is 8.05. The lowest BCUT2D eigenvalue weighted by Crippen LogP contribution is -2.40. The molecular weight excluding hydrogens is 148 g/mol. The Labute approximate surface area is 75.6 Å². The van der Waals surface area contributed by atoms with Crippen LogP contribution in [-0.4, -0.2) is 37.6 Å². The number of likely N-dealkylation sites (N-methyl/N-ethyl adjacent to an activating group) is 1. The van der Waals surface area contributed by atoms with E-state index >= 15 is 0 Å². The smallest absolute Gasteiger partial charge is 0.0235 e. The van der Waals surface area contributed by atoms with Crippen LogP contribution in [-0.2, 0) is 0 Å².